The highest BCUT2D eigenvalue weighted by molar-refractivity contribution is 6.62. The third-order valence-electron chi connectivity index (χ3n) is 9.14. The summed E-state index contributed by atoms with van der Waals surface area (Å²) < 4.78 is 26.7. The number of rotatable bonds is 9. The van der Waals surface area contributed by atoms with Crippen molar-refractivity contribution in [3.63, 3.8) is 0 Å². The van der Waals surface area contributed by atoms with Crippen molar-refractivity contribution in [3.8, 4) is 11.3 Å². The molecule has 2 aliphatic rings. The first-order chi connectivity index (χ1) is 20.9. The number of hydrogen-bond acceptors (Lipinski definition) is 8. The van der Waals surface area contributed by atoms with Crippen molar-refractivity contribution in [2.24, 2.45) is 0 Å². The molecule has 2 fully saturated rings. The summed E-state index contributed by atoms with van der Waals surface area (Å²) in [5, 5.41) is 15.5. The summed E-state index contributed by atoms with van der Waals surface area (Å²) in [6.07, 6.45) is 2.04. The lowest BCUT2D eigenvalue weighted by atomic mass is 9.78. The van der Waals surface area contributed by atoms with Gasteiger partial charge in [0.2, 0.25) is 0 Å². The van der Waals surface area contributed by atoms with E-state index in [1.807, 2.05) is 85.7 Å². The predicted octanol–water partition coefficient (Wildman–Crippen LogP) is 5.51. The molecule has 0 bridgehead atoms. The number of aromatic nitrogens is 3. The largest absolute Gasteiger partial charge is 0.494 e. The van der Waals surface area contributed by atoms with Crippen LogP contribution in [0.4, 0.5) is 5.82 Å². The van der Waals surface area contributed by atoms with Gasteiger partial charge >= 0.3 is 13.1 Å². The van der Waals surface area contributed by atoms with E-state index in [0.717, 1.165) is 23.9 Å². The number of benzene rings is 1. The minimum atomic E-state index is -1.23. The monoisotopic (exact) mass is 618 g/mol. The number of piperidine rings is 1. The van der Waals surface area contributed by atoms with E-state index in [2.05, 4.69) is 18.4 Å². The maximum atomic E-state index is 12.7. The Balaban J connectivity index is 1.60. The normalized spacial score (nSPS) is 20.0. The van der Waals surface area contributed by atoms with Crippen LogP contribution in [0, 0.1) is 6.92 Å². The molecule has 242 valence electrons. The Kier molecular flexibility index (Phi) is 8.72. The SMILES string of the molecule is C=CCOC1(C)CCN(c2c(C(OC(C)(C)C)C(=O)O)c(C)nc3cc(-c4cccc(B5OC(C)(C)C(C)(C)O5)c4)nn23)CC1. The van der Waals surface area contributed by atoms with Crippen molar-refractivity contribution >= 4 is 30.0 Å². The van der Waals surface area contributed by atoms with Crippen molar-refractivity contribution in [1.82, 2.24) is 14.6 Å². The number of aryl methyl sites for hydroxylation is 1. The van der Waals surface area contributed by atoms with Crippen LogP contribution in [-0.2, 0) is 23.6 Å². The molecule has 2 saturated heterocycles. The second kappa shape index (κ2) is 11.8. The lowest BCUT2D eigenvalue weighted by Gasteiger charge is -2.41. The van der Waals surface area contributed by atoms with E-state index in [1.54, 1.807) is 10.6 Å². The minimum absolute atomic E-state index is 0.302. The van der Waals surface area contributed by atoms with Crippen LogP contribution in [0.15, 0.2) is 43.0 Å². The Morgan fingerprint density at radius 1 is 1.13 bits per heavy atom. The van der Waals surface area contributed by atoms with Gasteiger partial charge in [-0.2, -0.15) is 9.61 Å². The fourth-order valence-corrected chi connectivity index (χ4v) is 5.87. The molecule has 4 heterocycles. The second-order valence-corrected chi connectivity index (χ2v) is 14.4. The summed E-state index contributed by atoms with van der Waals surface area (Å²) in [4.78, 5) is 19.8. The van der Waals surface area contributed by atoms with Gasteiger partial charge in [0.05, 0.1) is 40.3 Å². The predicted molar refractivity (Wildman–Crippen MR) is 176 cm³/mol. The van der Waals surface area contributed by atoms with Crippen LogP contribution in [-0.4, -0.2) is 74.9 Å². The van der Waals surface area contributed by atoms with Crippen LogP contribution in [0.25, 0.3) is 16.9 Å². The van der Waals surface area contributed by atoms with Gasteiger partial charge in [0, 0.05) is 30.4 Å². The van der Waals surface area contributed by atoms with Gasteiger partial charge < -0.3 is 28.8 Å². The van der Waals surface area contributed by atoms with Crippen LogP contribution >= 0.6 is 0 Å². The van der Waals surface area contributed by atoms with Gasteiger partial charge in [-0.05, 0) is 80.6 Å². The third kappa shape index (κ3) is 6.68. The maximum absolute atomic E-state index is 12.7. The number of ether oxygens (including phenoxy) is 2. The molecule has 0 aliphatic carbocycles. The fraction of sp³-hybridized carbons (Fsp3) is 0.559. The molecule has 45 heavy (non-hydrogen) atoms. The number of hydrogen-bond donors (Lipinski definition) is 1. The van der Waals surface area contributed by atoms with Gasteiger partial charge in [-0.3, -0.25) is 0 Å². The molecule has 2 aliphatic heterocycles. The van der Waals surface area contributed by atoms with Crippen molar-refractivity contribution in [1.29, 1.82) is 0 Å². The summed E-state index contributed by atoms with van der Waals surface area (Å²) in [6, 6.07) is 9.93. The van der Waals surface area contributed by atoms with E-state index < -0.39 is 36.0 Å². The van der Waals surface area contributed by atoms with Crippen molar-refractivity contribution in [3.05, 3.63) is 54.2 Å². The summed E-state index contributed by atoms with van der Waals surface area (Å²) in [5.74, 6) is -0.401. The molecular formula is C34H47BN4O6. The zero-order chi connectivity index (χ0) is 32.9. The fourth-order valence-electron chi connectivity index (χ4n) is 5.87. The number of nitrogens with zero attached hydrogens (tertiary/aromatic N) is 4. The standard InChI is InChI=1S/C34H47BN4O6/c1-11-19-42-34(10)15-17-38(18-16-34)29-27(28(30(40)41)43-31(3,4)5)22(2)36-26-21-25(37-39(26)29)23-13-12-14-24(20-23)35-44-32(6,7)33(8,9)45-35/h11-14,20-21,28H,1,15-19H2,2-10H3,(H,40,41). The summed E-state index contributed by atoms with van der Waals surface area (Å²) in [5.41, 5.74) is 2.27. The Morgan fingerprint density at radius 2 is 1.78 bits per heavy atom. The summed E-state index contributed by atoms with van der Waals surface area (Å²) >= 11 is 0. The molecule has 5 rings (SSSR count). The Morgan fingerprint density at radius 3 is 2.36 bits per heavy atom. The van der Waals surface area contributed by atoms with Crippen molar-refractivity contribution in [2.45, 2.75) is 104 Å². The highest BCUT2D eigenvalue weighted by Gasteiger charge is 2.51. The van der Waals surface area contributed by atoms with Gasteiger partial charge in [0.25, 0.3) is 0 Å². The first-order valence-electron chi connectivity index (χ1n) is 15.7. The quantitative estimate of drug-likeness (QED) is 0.246. The molecule has 0 spiro atoms. The van der Waals surface area contributed by atoms with E-state index in [4.69, 9.17) is 28.9 Å². The van der Waals surface area contributed by atoms with Crippen molar-refractivity contribution < 1.29 is 28.7 Å². The van der Waals surface area contributed by atoms with E-state index >= 15 is 0 Å². The van der Waals surface area contributed by atoms with E-state index in [1.165, 1.54) is 0 Å². The number of aliphatic carboxylic acids is 1. The lowest BCUT2D eigenvalue weighted by Crippen LogP contribution is -2.45. The number of carboxylic acids is 1. The lowest BCUT2D eigenvalue weighted by molar-refractivity contribution is -0.160. The molecule has 1 atom stereocenters. The number of carboxylic acid groups (broad SMARTS) is 1. The summed E-state index contributed by atoms with van der Waals surface area (Å²) in [6.45, 7) is 23.2. The van der Waals surface area contributed by atoms with Gasteiger partial charge in [0.15, 0.2) is 11.8 Å². The van der Waals surface area contributed by atoms with E-state index in [-0.39, 0.29) is 5.60 Å². The van der Waals surface area contributed by atoms with Crippen LogP contribution in [0.1, 0.15) is 85.6 Å². The van der Waals surface area contributed by atoms with Crippen LogP contribution in [0.3, 0.4) is 0 Å². The topological polar surface area (TPSA) is 108 Å². The average Bonchev–Trinajstić information content (AvgIpc) is 3.46. The highest BCUT2D eigenvalue weighted by Crippen LogP contribution is 2.39. The first-order valence-corrected chi connectivity index (χ1v) is 15.7. The first kappa shape index (κ1) is 33.1. The summed E-state index contributed by atoms with van der Waals surface area (Å²) in [7, 11) is -0.508. The third-order valence-corrected chi connectivity index (χ3v) is 9.14. The van der Waals surface area contributed by atoms with Crippen molar-refractivity contribution in [2.75, 3.05) is 24.6 Å². The zero-order valence-corrected chi connectivity index (χ0v) is 28.1. The Hall–Kier alpha value is -3.25. The van der Waals surface area contributed by atoms with Crippen LogP contribution < -0.4 is 10.4 Å². The average molecular weight is 619 g/mol. The smallest absolute Gasteiger partial charge is 0.479 e. The van der Waals surface area contributed by atoms with E-state index in [0.29, 0.717) is 48.1 Å². The van der Waals surface area contributed by atoms with Gasteiger partial charge in [-0.15, -0.1) is 6.58 Å². The zero-order valence-electron chi connectivity index (χ0n) is 28.1. The molecule has 1 unspecified atom stereocenters. The number of carbonyl (C=O) groups is 1. The van der Waals surface area contributed by atoms with Gasteiger partial charge in [0.1, 0.15) is 5.82 Å². The molecule has 1 aromatic carbocycles. The molecule has 0 radical (unpaired) electrons. The van der Waals surface area contributed by atoms with Gasteiger partial charge in [-0.1, -0.05) is 30.3 Å². The van der Waals surface area contributed by atoms with E-state index in [9.17, 15) is 9.90 Å². The Labute approximate surface area is 266 Å². The number of anilines is 1. The molecule has 3 aromatic rings. The van der Waals surface area contributed by atoms with Crippen LogP contribution in [0.2, 0.25) is 0 Å². The highest BCUT2D eigenvalue weighted by atomic mass is 16.7. The molecular weight excluding hydrogens is 571 g/mol. The maximum Gasteiger partial charge on any atom is 0.494 e. The molecule has 10 nitrogen and oxygen atoms in total. The minimum Gasteiger partial charge on any atom is -0.479 e. The molecule has 2 aromatic heterocycles. The molecule has 11 heteroatoms. The molecule has 0 amide bonds. The van der Waals surface area contributed by atoms with Crippen LogP contribution in [0.5, 0.6) is 0 Å². The second-order valence-electron chi connectivity index (χ2n) is 14.4. The number of fused-ring (bicyclic) bond motifs is 1. The van der Waals surface area contributed by atoms with Gasteiger partial charge in [-0.25, -0.2) is 9.78 Å². The molecule has 1 N–H and O–H groups in total. The molecule has 0 saturated carbocycles. The Bertz CT molecular complexity index is 1570.